The van der Waals surface area contributed by atoms with Crippen LogP contribution in [0.25, 0.3) is 16.3 Å². The van der Waals surface area contributed by atoms with Crippen LogP contribution < -0.4 is 5.32 Å². The molecule has 5 heteroatoms. The van der Waals surface area contributed by atoms with Crippen molar-refractivity contribution in [2.75, 3.05) is 6.54 Å². The second-order valence-corrected chi connectivity index (χ2v) is 9.96. The van der Waals surface area contributed by atoms with Crippen molar-refractivity contribution in [2.24, 2.45) is 0 Å². The van der Waals surface area contributed by atoms with E-state index in [2.05, 4.69) is 79.8 Å². The Balaban J connectivity index is 1.40. The second kappa shape index (κ2) is 10.8. The van der Waals surface area contributed by atoms with Gasteiger partial charge in [0.05, 0.1) is 10.6 Å². The van der Waals surface area contributed by atoms with Crippen molar-refractivity contribution in [3.8, 4) is 16.3 Å². The molecule has 0 aliphatic heterocycles. The molecule has 0 aliphatic rings. The molecule has 2 aromatic heterocycles. The minimum Gasteiger partial charge on any atom is -0.351 e. The summed E-state index contributed by atoms with van der Waals surface area (Å²) in [4.78, 5) is 14.5. The van der Waals surface area contributed by atoms with Crippen LogP contribution in [0.2, 0.25) is 0 Å². The first kappa shape index (κ1) is 23.8. The molecule has 0 aliphatic carbocycles. The number of hydrogen-bond donors (Lipinski definition) is 1. The highest BCUT2D eigenvalue weighted by atomic mass is 32.1. The van der Waals surface area contributed by atoms with Crippen molar-refractivity contribution in [3.63, 3.8) is 0 Å². The number of nitrogens with zero attached hydrogens (tertiary/aromatic N) is 2. The van der Waals surface area contributed by atoms with Gasteiger partial charge in [-0.05, 0) is 60.5 Å². The summed E-state index contributed by atoms with van der Waals surface area (Å²) in [5, 5.41) is 10.0. The normalized spacial score (nSPS) is 11.1. The smallest absolute Gasteiger partial charge is 0.270 e. The van der Waals surface area contributed by atoms with Gasteiger partial charge in [-0.3, -0.25) is 4.79 Å². The first-order valence-electron chi connectivity index (χ1n) is 12.2. The first-order valence-corrected chi connectivity index (χ1v) is 13.1. The fraction of sp³-hybridized carbons (Fsp3) is 0.161. The molecular weight excluding hydrogens is 462 g/mol. The van der Waals surface area contributed by atoms with Crippen LogP contribution in [0.3, 0.4) is 0 Å². The largest absolute Gasteiger partial charge is 0.351 e. The predicted octanol–water partition coefficient (Wildman–Crippen LogP) is 7.17. The van der Waals surface area contributed by atoms with Crippen LogP contribution in [0.1, 0.15) is 45.1 Å². The quantitative estimate of drug-likeness (QED) is 0.250. The molecule has 0 bridgehead atoms. The lowest BCUT2D eigenvalue weighted by Crippen LogP contribution is -2.28. The molecule has 180 valence electrons. The van der Waals surface area contributed by atoms with E-state index in [1.54, 1.807) is 16.0 Å². The molecule has 5 aromatic rings. The summed E-state index contributed by atoms with van der Waals surface area (Å²) in [5.74, 6) is 0.0868. The molecule has 0 radical (unpaired) electrons. The van der Waals surface area contributed by atoms with Gasteiger partial charge >= 0.3 is 0 Å². The van der Waals surface area contributed by atoms with Gasteiger partial charge < -0.3 is 5.32 Å². The van der Waals surface area contributed by atoms with Crippen molar-refractivity contribution in [2.45, 2.75) is 26.2 Å². The van der Waals surface area contributed by atoms with Crippen LogP contribution in [-0.2, 0) is 0 Å². The number of thiophene rings is 1. The third-order valence-electron chi connectivity index (χ3n) is 6.42. The molecule has 0 fully saturated rings. The van der Waals surface area contributed by atoms with Crippen molar-refractivity contribution >= 4 is 17.2 Å². The molecule has 0 saturated carbocycles. The van der Waals surface area contributed by atoms with E-state index in [4.69, 9.17) is 5.10 Å². The van der Waals surface area contributed by atoms with E-state index in [0.717, 1.165) is 28.2 Å². The number of benzene rings is 3. The lowest BCUT2D eigenvalue weighted by molar-refractivity contribution is 0.0945. The van der Waals surface area contributed by atoms with Gasteiger partial charge in [0, 0.05) is 12.5 Å². The number of rotatable bonds is 8. The minimum atomic E-state index is -0.120. The molecule has 0 unspecified atom stereocenters. The van der Waals surface area contributed by atoms with Gasteiger partial charge in [-0.2, -0.15) is 5.10 Å². The zero-order valence-electron chi connectivity index (χ0n) is 20.5. The molecule has 36 heavy (non-hydrogen) atoms. The lowest BCUT2D eigenvalue weighted by Gasteiger charge is -2.18. The number of aryl methyl sites for hydroxylation is 2. The van der Waals surface area contributed by atoms with E-state index >= 15 is 0 Å². The highest BCUT2D eigenvalue weighted by molar-refractivity contribution is 7.13. The average Bonchev–Trinajstić information content (AvgIpc) is 3.58. The molecule has 0 atom stereocenters. The van der Waals surface area contributed by atoms with Gasteiger partial charge in [-0.15, -0.1) is 11.3 Å². The summed E-state index contributed by atoms with van der Waals surface area (Å²) >= 11 is 1.62. The first-order chi connectivity index (χ1) is 17.6. The summed E-state index contributed by atoms with van der Waals surface area (Å²) in [6, 6.07) is 33.1. The summed E-state index contributed by atoms with van der Waals surface area (Å²) < 4.78 is 1.78. The van der Waals surface area contributed by atoms with Gasteiger partial charge in [-0.1, -0.05) is 84.4 Å². The van der Waals surface area contributed by atoms with Crippen LogP contribution in [0.15, 0.2) is 102 Å². The van der Waals surface area contributed by atoms with Gasteiger partial charge in [0.2, 0.25) is 0 Å². The van der Waals surface area contributed by atoms with Crippen molar-refractivity contribution in [1.29, 1.82) is 0 Å². The SMILES string of the molecule is Cc1ccc(-n2nc(-c3cccs3)cc2C(=O)NCCC(c2ccccc2)c2ccccc2)c(C)c1. The Labute approximate surface area is 216 Å². The zero-order chi connectivity index (χ0) is 24.9. The summed E-state index contributed by atoms with van der Waals surface area (Å²) in [6.07, 6.45) is 0.801. The maximum atomic E-state index is 13.5. The molecule has 1 amide bonds. The maximum absolute atomic E-state index is 13.5. The van der Waals surface area contributed by atoms with E-state index in [1.165, 1.54) is 16.7 Å². The Morgan fingerprint density at radius 2 is 1.58 bits per heavy atom. The van der Waals surface area contributed by atoms with E-state index < -0.39 is 0 Å². The Morgan fingerprint density at radius 3 is 2.19 bits per heavy atom. The predicted molar refractivity (Wildman–Crippen MR) is 148 cm³/mol. The van der Waals surface area contributed by atoms with E-state index in [0.29, 0.717) is 12.2 Å². The fourth-order valence-electron chi connectivity index (χ4n) is 4.63. The van der Waals surface area contributed by atoms with Gasteiger partial charge in [-0.25, -0.2) is 4.68 Å². The highest BCUT2D eigenvalue weighted by Crippen LogP contribution is 2.29. The number of aromatic nitrogens is 2. The number of amides is 1. The summed E-state index contributed by atoms with van der Waals surface area (Å²) in [5.41, 5.74) is 7.03. The molecular formula is C31H29N3OS. The summed E-state index contributed by atoms with van der Waals surface area (Å²) in [7, 11) is 0. The summed E-state index contributed by atoms with van der Waals surface area (Å²) in [6.45, 7) is 4.68. The molecule has 4 nitrogen and oxygen atoms in total. The number of nitrogens with one attached hydrogen (secondary N) is 1. The highest BCUT2D eigenvalue weighted by Gasteiger charge is 2.20. The molecule has 0 saturated heterocycles. The van der Waals surface area contributed by atoms with Crippen molar-refractivity contribution in [1.82, 2.24) is 15.1 Å². The Morgan fingerprint density at radius 1 is 0.889 bits per heavy atom. The minimum absolute atomic E-state index is 0.120. The number of carbonyl (C=O) groups excluding carboxylic acids is 1. The average molecular weight is 492 g/mol. The number of carbonyl (C=O) groups is 1. The third kappa shape index (κ3) is 5.16. The number of hydrogen-bond acceptors (Lipinski definition) is 3. The Kier molecular flexibility index (Phi) is 7.10. The van der Waals surface area contributed by atoms with Crippen molar-refractivity contribution in [3.05, 3.63) is 130 Å². The topological polar surface area (TPSA) is 46.9 Å². The van der Waals surface area contributed by atoms with Crippen LogP contribution in [0.4, 0.5) is 0 Å². The van der Waals surface area contributed by atoms with Crippen LogP contribution in [-0.4, -0.2) is 22.2 Å². The maximum Gasteiger partial charge on any atom is 0.270 e. The second-order valence-electron chi connectivity index (χ2n) is 9.01. The molecule has 1 N–H and O–H groups in total. The Bertz CT molecular complexity index is 1400. The zero-order valence-corrected chi connectivity index (χ0v) is 21.3. The molecule has 5 rings (SSSR count). The van der Waals surface area contributed by atoms with Crippen molar-refractivity contribution < 1.29 is 4.79 Å². The Hall–Kier alpha value is -3.96. The van der Waals surface area contributed by atoms with E-state index in [1.807, 2.05) is 41.8 Å². The van der Waals surface area contributed by atoms with Gasteiger partial charge in [0.1, 0.15) is 11.4 Å². The molecule has 0 spiro atoms. The van der Waals surface area contributed by atoms with Crippen LogP contribution in [0, 0.1) is 13.8 Å². The monoisotopic (exact) mass is 491 g/mol. The van der Waals surface area contributed by atoms with E-state index in [9.17, 15) is 4.79 Å². The fourth-order valence-corrected chi connectivity index (χ4v) is 5.31. The van der Waals surface area contributed by atoms with Gasteiger partial charge in [0.15, 0.2) is 0 Å². The lowest BCUT2D eigenvalue weighted by atomic mass is 9.88. The van der Waals surface area contributed by atoms with E-state index in [-0.39, 0.29) is 11.8 Å². The third-order valence-corrected chi connectivity index (χ3v) is 7.31. The van der Waals surface area contributed by atoms with Crippen LogP contribution >= 0.6 is 11.3 Å². The molecule has 2 heterocycles. The standard InChI is InChI=1S/C31H29N3OS/c1-22-15-16-28(23(2)20-22)34-29(21-27(33-34)30-14-9-19-36-30)31(35)32-18-17-26(24-10-5-3-6-11-24)25-12-7-4-8-13-25/h3-16,19-21,26H,17-18H2,1-2H3,(H,32,35). The van der Waals surface area contributed by atoms with Crippen LogP contribution in [0.5, 0.6) is 0 Å². The molecule has 3 aromatic carbocycles. The van der Waals surface area contributed by atoms with Gasteiger partial charge in [0.25, 0.3) is 5.91 Å².